The Morgan fingerprint density at radius 1 is 0.368 bits per heavy atom. The molecule has 5 rings (SSSR count). The number of rotatable bonds is 6. The Balaban J connectivity index is 0.000000512. The summed E-state index contributed by atoms with van der Waals surface area (Å²) in [5.74, 6) is -71.4. The van der Waals surface area contributed by atoms with Crippen LogP contribution in [0.2, 0.25) is 0 Å². The van der Waals surface area contributed by atoms with Crippen LogP contribution in [0.15, 0.2) is 30.3 Å². The van der Waals surface area contributed by atoms with Crippen molar-refractivity contribution in [1.29, 1.82) is 0 Å². The van der Waals surface area contributed by atoms with Crippen LogP contribution in [0.3, 0.4) is 0 Å². The lowest BCUT2D eigenvalue weighted by atomic mass is 9.12. The van der Waals surface area contributed by atoms with Crippen molar-refractivity contribution in [2.24, 2.45) is 0 Å². The van der Waals surface area contributed by atoms with E-state index in [1.54, 1.807) is 24.3 Å². The molecule has 0 amide bonds. The van der Waals surface area contributed by atoms with E-state index in [1.165, 1.54) is 14.1 Å². The van der Waals surface area contributed by atoms with E-state index in [9.17, 15) is 62.8 Å². The van der Waals surface area contributed by atoms with Gasteiger partial charge < -0.3 is 0 Å². The van der Waals surface area contributed by atoms with E-state index < -0.39 is 144 Å². The highest BCUT2D eigenvalue weighted by molar-refractivity contribution is 7.20. The van der Waals surface area contributed by atoms with Crippen molar-refractivity contribution in [2.75, 3.05) is 14.1 Å². The highest BCUT2D eigenvalue weighted by atomic mass is 19.2. The predicted molar refractivity (Wildman–Crippen MR) is 156 cm³/mol. The van der Waals surface area contributed by atoms with Gasteiger partial charge in [0.25, 0.3) is 0 Å². The van der Waals surface area contributed by atoms with Gasteiger partial charge in [0.1, 0.15) is 66.8 Å². The maximum Gasteiger partial charge on any atom is 0.242 e. The zero-order chi connectivity index (χ0) is 43.5. The van der Waals surface area contributed by atoms with Crippen LogP contribution in [0.5, 0.6) is 0 Å². The van der Waals surface area contributed by atoms with Crippen molar-refractivity contribution in [3.63, 3.8) is 0 Å². The van der Waals surface area contributed by atoms with Gasteiger partial charge in [-0.15, -0.1) is 21.9 Å². The lowest BCUT2D eigenvalue weighted by molar-refractivity contribution is -0.629. The van der Waals surface area contributed by atoms with Crippen LogP contribution in [0, 0.1) is 126 Å². The van der Waals surface area contributed by atoms with Gasteiger partial charge in [-0.05, 0) is 4.59 Å². The molecule has 0 radical (unpaired) electrons. The topological polar surface area (TPSA) is 43.1 Å². The van der Waals surface area contributed by atoms with Crippen LogP contribution < -0.4 is 26.4 Å². The number of nitro groups is 1. The van der Waals surface area contributed by atoms with E-state index in [-0.39, 0.29) is 9.62 Å². The molecule has 0 aliphatic rings. The largest absolute Gasteiger partial charge is 0.242 e. The smallest absolute Gasteiger partial charge is 0.207 e. The SMILES string of the molecule is C[N+](C)(c1ccccc1)[N+](=O)[O-].Fc1c(F)c(F)c([B-](c2c(F)c(F)c(F)c(F)c2F)(c2c(F)c(F)c(F)c(F)c2F)c2c(F)c(F)c(F)c(F)c2F)c(F)c1F. The summed E-state index contributed by atoms with van der Waals surface area (Å²) in [6.45, 7) is 0. The molecule has 0 fully saturated rings. The normalized spacial score (nSPS) is 11.8. The Labute approximate surface area is 302 Å². The number of hydrogen-bond donors (Lipinski definition) is 0. The molecule has 25 heteroatoms. The molecule has 4 nitrogen and oxygen atoms in total. The molecule has 0 atom stereocenters. The van der Waals surface area contributed by atoms with E-state index in [0.29, 0.717) is 5.69 Å². The summed E-state index contributed by atoms with van der Waals surface area (Å²) in [7, 11) is 3.07. The summed E-state index contributed by atoms with van der Waals surface area (Å²) in [5, 5.41) is 10.3. The number of hydrogen-bond acceptors (Lipinski definition) is 2. The molecule has 304 valence electrons. The lowest BCUT2D eigenvalue weighted by Crippen LogP contribution is -2.81. The molecule has 0 unspecified atom stereocenters. The highest BCUT2D eigenvalue weighted by Gasteiger charge is 2.52. The fraction of sp³-hybridized carbons (Fsp3) is 0.0625. The second-order valence-corrected chi connectivity index (χ2v) is 11.8. The van der Waals surface area contributed by atoms with Gasteiger partial charge >= 0.3 is 0 Å². The van der Waals surface area contributed by atoms with E-state index in [0.717, 1.165) is 0 Å². The summed E-state index contributed by atoms with van der Waals surface area (Å²) in [6.07, 6.45) is -7.22. The van der Waals surface area contributed by atoms with Crippen LogP contribution >= 0.6 is 0 Å². The molecule has 5 aromatic rings. The molecule has 0 aromatic heterocycles. The number of halogens is 20. The molecule has 0 N–H and O–H groups in total. The minimum atomic E-state index is -7.22. The van der Waals surface area contributed by atoms with Gasteiger partial charge in [-0.2, -0.15) is 0 Å². The monoisotopic (exact) mass is 846 g/mol. The van der Waals surface area contributed by atoms with E-state index in [2.05, 4.69) is 0 Å². The number of quaternary nitrogens is 1. The third kappa shape index (κ3) is 6.45. The highest BCUT2D eigenvalue weighted by Crippen LogP contribution is 2.30. The first-order valence-corrected chi connectivity index (χ1v) is 14.5. The Hall–Kier alpha value is -5.88. The Morgan fingerprint density at radius 2 is 0.544 bits per heavy atom. The molecule has 5 aromatic carbocycles. The van der Waals surface area contributed by atoms with Crippen LogP contribution in [0.1, 0.15) is 0 Å². The summed E-state index contributed by atoms with van der Waals surface area (Å²) in [4.78, 5) is 10.6. The minimum absolute atomic E-state index is 0.332. The summed E-state index contributed by atoms with van der Waals surface area (Å²) >= 11 is 0. The first-order valence-electron chi connectivity index (χ1n) is 14.5. The first-order chi connectivity index (χ1) is 26.3. The molecule has 0 aliphatic heterocycles. The zero-order valence-corrected chi connectivity index (χ0v) is 27.2. The van der Waals surface area contributed by atoms with Gasteiger partial charge in [0.15, 0.2) is 75.5 Å². The molecule has 0 heterocycles. The Kier molecular flexibility index (Phi) is 11.7. The number of benzene rings is 5. The molecular weight excluding hydrogens is 835 g/mol. The maximum absolute atomic E-state index is 15.4. The van der Waals surface area contributed by atoms with Gasteiger partial charge in [-0.3, -0.25) is 0 Å². The van der Waals surface area contributed by atoms with Gasteiger partial charge in [0, 0.05) is 12.1 Å². The molecule has 57 heavy (non-hydrogen) atoms. The van der Waals surface area contributed by atoms with Crippen molar-refractivity contribution >= 4 is 33.7 Å². The fourth-order valence-electron chi connectivity index (χ4n) is 5.76. The van der Waals surface area contributed by atoms with Crippen molar-refractivity contribution in [3.8, 4) is 0 Å². The summed E-state index contributed by atoms with van der Waals surface area (Å²) < 4.78 is 294. The maximum atomic E-state index is 15.4. The molecule has 0 spiro atoms. The average molecular weight is 846 g/mol. The van der Waals surface area contributed by atoms with E-state index >= 15 is 35.1 Å². The molecule has 0 aliphatic carbocycles. The third-order valence-electron chi connectivity index (χ3n) is 8.50. The fourth-order valence-corrected chi connectivity index (χ4v) is 5.76. The van der Waals surface area contributed by atoms with Crippen LogP contribution in [0.4, 0.5) is 93.5 Å². The first kappa shape index (κ1) is 43.8. The lowest BCUT2D eigenvalue weighted by Gasteiger charge is -2.44. The van der Waals surface area contributed by atoms with Gasteiger partial charge in [-0.1, -0.05) is 18.2 Å². The number of para-hydroxylation sites is 1. The van der Waals surface area contributed by atoms with Gasteiger partial charge in [0.05, 0.1) is 0 Å². The van der Waals surface area contributed by atoms with Crippen molar-refractivity contribution in [3.05, 3.63) is 157 Å². The molecular formula is C32H11BF20N2O2. The predicted octanol–water partition coefficient (Wildman–Crippen LogP) is 7.29. The molecule has 0 saturated carbocycles. The van der Waals surface area contributed by atoms with Crippen molar-refractivity contribution in [2.45, 2.75) is 0 Å². The second-order valence-electron chi connectivity index (χ2n) is 11.8. The van der Waals surface area contributed by atoms with Gasteiger partial charge in [0.2, 0.25) is 5.03 Å². The molecule has 0 saturated heterocycles. The second kappa shape index (κ2) is 15.2. The minimum Gasteiger partial charge on any atom is -0.207 e. The average Bonchev–Trinajstić information content (AvgIpc) is 3.18. The zero-order valence-electron chi connectivity index (χ0n) is 27.2. The van der Waals surface area contributed by atoms with E-state index in [1.807, 2.05) is 6.07 Å². The molecule has 0 bridgehead atoms. The quantitative estimate of drug-likeness (QED) is 0.0343. The van der Waals surface area contributed by atoms with Crippen LogP contribution in [-0.4, -0.2) is 25.3 Å². The summed E-state index contributed by atoms with van der Waals surface area (Å²) in [6, 6.07) is 8.90. The van der Waals surface area contributed by atoms with Crippen molar-refractivity contribution < 1.29 is 92.8 Å². The van der Waals surface area contributed by atoms with Crippen LogP contribution in [-0.2, 0) is 0 Å². The van der Waals surface area contributed by atoms with Gasteiger partial charge in [-0.25, -0.2) is 97.9 Å². The van der Waals surface area contributed by atoms with E-state index in [4.69, 9.17) is 0 Å². The number of nitrogens with zero attached hydrogens (tertiary/aromatic N) is 2. The van der Waals surface area contributed by atoms with Crippen molar-refractivity contribution in [1.82, 2.24) is 4.59 Å². The Morgan fingerprint density at radius 3 is 0.719 bits per heavy atom. The summed E-state index contributed by atoms with van der Waals surface area (Å²) in [5.41, 5.74) is -13.7. The standard InChI is InChI=1S/C24BF20.C8H11N2O2/c26-5-1(6(27)14(35)21(42)13(5)34)25(2-7(28)15(36)22(43)16(37)8(2)29,3-9(30)17(38)23(44)18(39)10(3)31)4-11(32)19(40)24(45)20(41)12(4)33;1-10(2,9(11)12)8-6-4-3-5-7-8/h;3-7H,1-2H3/q-1;+1. The van der Waals surface area contributed by atoms with Crippen LogP contribution in [0.25, 0.3) is 0 Å². The third-order valence-corrected chi connectivity index (χ3v) is 8.50. The Bertz CT molecular complexity index is 2100.